The number of Topliss-reactive ketones (excluding diaryl/α,β-unsaturated/α-hetero) is 1. The molecule has 1 saturated heterocycles. The van der Waals surface area contributed by atoms with Gasteiger partial charge in [-0.1, -0.05) is 0 Å². The van der Waals surface area contributed by atoms with Crippen LogP contribution in [0.2, 0.25) is 0 Å². The lowest BCUT2D eigenvalue weighted by Gasteiger charge is -2.32. The third-order valence-electron chi connectivity index (χ3n) is 7.09. The number of ketones is 1. The second-order valence-corrected chi connectivity index (χ2v) is 9.22. The summed E-state index contributed by atoms with van der Waals surface area (Å²) in [5, 5.41) is 0. The molecule has 0 spiro atoms. The van der Waals surface area contributed by atoms with E-state index < -0.39 is 5.76 Å². The standard InChI is InChI=1S/C24H23N5O5/c1-12-9-13(10-18-19(12)26-24(33)34-18)20(30)15-11-16(15)22(31)28-7-4-14(5-8-28)29-17-3-2-6-25-21(17)27-23(29)32/h2-3,6,9-10,14-16H,4-5,7-8,11H2,1H3,(H,26,33)(H,25,27,32)/t15-,16-/m0/s1. The fraction of sp³-hybridized carbons (Fsp3) is 0.375. The number of rotatable bonds is 4. The summed E-state index contributed by atoms with van der Waals surface area (Å²) in [6.45, 7) is 2.89. The van der Waals surface area contributed by atoms with Gasteiger partial charge in [0.05, 0.1) is 11.0 Å². The summed E-state index contributed by atoms with van der Waals surface area (Å²) in [5.41, 5.74) is 3.30. The summed E-state index contributed by atoms with van der Waals surface area (Å²) in [6, 6.07) is 6.97. The number of aryl methyl sites for hydroxylation is 1. The molecule has 1 aliphatic carbocycles. The first-order valence-electron chi connectivity index (χ1n) is 11.4. The van der Waals surface area contributed by atoms with Gasteiger partial charge in [-0.2, -0.15) is 0 Å². The maximum atomic E-state index is 13.1. The van der Waals surface area contributed by atoms with Crippen LogP contribution in [0.1, 0.15) is 41.2 Å². The summed E-state index contributed by atoms with van der Waals surface area (Å²) >= 11 is 0. The number of aromatic amines is 2. The Hall–Kier alpha value is -3.95. The Morgan fingerprint density at radius 3 is 2.71 bits per heavy atom. The molecule has 3 aromatic heterocycles. The average molecular weight is 461 g/mol. The minimum absolute atomic E-state index is 0.00293. The Labute approximate surface area is 192 Å². The topological polar surface area (TPSA) is 134 Å². The monoisotopic (exact) mass is 461 g/mol. The highest BCUT2D eigenvalue weighted by Crippen LogP contribution is 2.43. The Morgan fingerprint density at radius 1 is 1.12 bits per heavy atom. The van der Waals surface area contributed by atoms with Gasteiger partial charge in [0.2, 0.25) is 5.91 Å². The molecular weight excluding hydrogens is 438 g/mol. The molecule has 2 aliphatic rings. The maximum absolute atomic E-state index is 13.1. The van der Waals surface area contributed by atoms with Crippen molar-refractivity contribution in [3.05, 3.63) is 62.6 Å². The summed E-state index contributed by atoms with van der Waals surface area (Å²) in [7, 11) is 0. The van der Waals surface area contributed by atoms with Gasteiger partial charge in [0, 0.05) is 42.7 Å². The van der Waals surface area contributed by atoms with Crippen molar-refractivity contribution in [2.24, 2.45) is 11.8 Å². The van der Waals surface area contributed by atoms with Crippen LogP contribution in [0.3, 0.4) is 0 Å². The van der Waals surface area contributed by atoms with Crippen LogP contribution in [0, 0.1) is 18.8 Å². The number of amides is 1. The van der Waals surface area contributed by atoms with E-state index in [9.17, 15) is 19.2 Å². The van der Waals surface area contributed by atoms with E-state index in [1.807, 2.05) is 11.0 Å². The normalized spacial score (nSPS) is 20.8. The summed E-state index contributed by atoms with van der Waals surface area (Å²) in [5.74, 6) is -1.33. The number of imidazole rings is 1. The van der Waals surface area contributed by atoms with Crippen molar-refractivity contribution >= 4 is 34.0 Å². The fourth-order valence-corrected chi connectivity index (χ4v) is 5.24. The first-order chi connectivity index (χ1) is 16.4. The number of fused-ring (bicyclic) bond motifs is 2. The minimum atomic E-state index is -0.559. The molecule has 2 fully saturated rings. The van der Waals surface area contributed by atoms with Crippen molar-refractivity contribution in [3.8, 4) is 0 Å². The third-order valence-corrected chi connectivity index (χ3v) is 7.09. The van der Waals surface area contributed by atoms with E-state index in [0.29, 0.717) is 54.7 Å². The lowest BCUT2D eigenvalue weighted by Crippen LogP contribution is -2.41. The highest BCUT2D eigenvalue weighted by Gasteiger charge is 2.50. The summed E-state index contributed by atoms with van der Waals surface area (Å²) in [6.07, 6.45) is 3.51. The van der Waals surface area contributed by atoms with Crippen LogP contribution in [0.25, 0.3) is 22.3 Å². The van der Waals surface area contributed by atoms with E-state index >= 15 is 0 Å². The molecule has 1 aliphatic heterocycles. The fourth-order valence-electron chi connectivity index (χ4n) is 5.24. The van der Waals surface area contributed by atoms with Crippen molar-refractivity contribution in [1.82, 2.24) is 24.4 Å². The molecule has 6 rings (SSSR count). The van der Waals surface area contributed by atoms with Gasteiger partial charge >= 0.3 is 11.4 Å². The number of nitrogens with one attached hydrogen (secondary N) is 2. The summed E-state index contributed by atoms with van der Waals surface area (Å²) in [4.78, 5) is 61.5. The molecule has 1 saturated carbocycles. The SMILES string of the molecule is Cc1cc(C(=O)[C@H]2C[C@@H]2C(=O)N2CCC(n3c(=O)[nH]c4ncccc43)CC2)cc2oc(=O)[nH]c12. The lowest BCUT2D eigenvalue weighted by atomic mass is 10.0. The van der Waals surface area contributed by atoms with Crippen LogP contribution in [0.15, 0.2) is 44.5 Å². The van der Waals surface area contributed by atoms with Crippen LogP contribution < -0.4 is 11.4 Å². The van der Waals surface area contributed by atoms with Crippen LogP contribution in [0.5, 0.6) is 0 Å². The second kappa shape index (κ2) is 7.54. The van der Waals surface area contributed by atoms with Crippen molar-refractivity contribution in [2.45, 2.75) is 32.2 Å². The van der Waals surface area contributed by atoms with Crippen LogP contribution in [-0.2, 0) is 4.79 Å². The molecule has 1 amide bonds. The number of piperidine rings is 1. The van der Waals surface area contributed by atoms with Gasteiger partial charge in [0.15, 0.2) is 17.0 Å². The molecular formula is C24H23N5O5. The molecule has 4 heterocycles. The second-order valence-electron chi connectivity index (χ2n) is 9.22. The predicted molar refractivity (Wildman–Crippen MR) is 123 cm³/mol. The number of nitrogens with zero attached hydrogens (tertiary/aromatic N) is 3. The molecule has 0 radical (unpaired) electrons. The number of carbonyl (C=O) groups is 2. The summed E-state index contributed by atoms with van der Waals surface area (Å²) < 4.78 is 6.86. The number of aromatic nitrogens is 4. The largest absolute Gasteiger partial charge is 0.417 e. The zero-order valence-electron chi connectivity index (χ0n) is 18.5. The Balaban J connectivity index is 1.13. The van der Waals surface area contributed by atoms with Crippen LogP contribution in [0.4, 0.5) is 0 Å². The Bertz CT molecular complexity index is 1570. The van der Waals surface area contributed by atoms with Crippen molar-refractivity contribution in [2.75, 3.05) is 13.1 Å². The van der Waals surface area contributed by atoms with E-state index in [-0.39, 0.29) is 35.3 Å². The quantitative estimate of drug-likeness (QED) is 0.447. The highest BCUT2D eigenvalue weighted by atomic mass is 16.4. The lowest BCUT2D eigenvalue weighted by molar-refractivity contribution is -0.134. The first kappa shape index (κ1) is 20.6. The van der Waals surface area contributed by atoms with Gasteiger partial charge in [-0.3, -0.25) is 24.1 Å². The zero-order chi connectivity index (χ0) is 23.6. The third kappa shape index (κ3) is 3.28. The number of hydrogen-bond acceptors (Lipinski definition) is 6. The van der Waals surface area contributed by atoms with Crippen molar-refractivity contribution < 1.29 is 14.0 Å². The van der Waals surface area contributed by atoms with Gasteiger partial charge in [-0.05, 0) is 56.0 Å². The number of oxazole rings is 1. The molecule has 0 bridgehead atoms. The Morgan fingerprint density at radius 2 is 1.91 bits per heavy atom. The first-order valence-corrected chi connectivity index (χ1v) is 11.4. The molecule has 2 N–H and O–H groups in total. The molecule has 1 aromatic carbocycles. The van der Waals surface area contributed by atoms with Crippen molar-refractivity contribution in [1.29, 1.82) is 0 Å². The van der Waals surface area contributed by atoms with E-state index in [0.717, 1.165) is 11.1 Å². The van der Waals surface area contributed by atoms with Gasteiger partial charge in [-0.25, -0.2) is 14.6 Å². The maximum Gasteiger partial charge on any atom is 0.417 e. The van der Waals surface area contributed by atoms with E-state index in [2.05, 4.69) is 15.0 Å². The number of likely N-dealkylation sites (tertiary alicyclic amines) is 1. The minimum Gasteiger partial charge on any atom is -0.408 e. The number of H-pyrrole nitrogens is 2. The number of hydrogen-bond donors (Lipinski definition) is 2. The smallest absolute Gasteiger partial charge is 0.408 e. The van der Waals surface area contributed by atoms with E-state index in [1.165, 1.54) is 0 Å². The number of carbonyl (C=O) groups excluding carboxylic acids is 2. The van der Waals surface area contributed by atoms with E-state index in [1.54, 1.807) is 35.9 Å². The molecule has 34 heavy (non-hydrogen) atoms. The molecule has 10 nitrogen and oxygen atoms in total. The van der Waals surface area contributed by atoms with Gasteiger partial charge in [0.1, 0.15) is 0 Å². The van der Waals surface area contributed by atoms with Crippen LogP contribution >= 0.6 is 0 Å². The molecule has 174 valence electrons. The van der Waals surface area contributed by atoms with Crippen molar-refractivity contribution in [3.63, 3.8) is 0 Å². The van der Waals surface area contributed by atoms with Crippen LogP contribution in [-0.4, -0.2) is 49.2 Å². The Kier molecular flexibility index (Phi) is 4.58. The number of pyridine rings is 1. The molecule has 0 unspecified atom stereocenters. The molecule has 4 aromatic rings. The highest BCUT2D eigenvalue weighted by molar-refractivity contribution is 6.05. The van der Waals surface area contributed by atoms with Gasteiger partial charge in [-0.15, -0.1) is 0 Å². The van der Waals surface area contributed by atoms with Gasteiger partial charge < -0.3 is 9.32 Å². The van der Waals surface area contributed by atoms with E-state index in [4.69, 9.17) is 4.42 Å². The molecule has 10 heteroatoms. The van der Waals surface area contributed by atoms with Gasteiger partial charge in [0.25, 0.3) is 0 Å². The average Bonchev–Trinajstić information content (AvgIpc) is 3.42. The predicted octanol–water partition coefficient (Wildman–Crippen LogP) is 2.15. The number of benzene rings is 1. The zero-order valence-corrected chi connectivity index (χ0v) is 18.5. The molecule has 2 atom stereocenters.